The number of hydrogen-bond donors (Lipinski definition) is 2. The van der Waals surface area contributed by atoms with Crippen molar-refractivity contribution in [3.05, 3.63) is 57.9 Å². The first-order chi connectivity index (χ1) is 13.0. The summed E-state index contributed by atoms with van der Waals surface area (Å²) in [5, 5.41) is 6.68. The number of nitrogens with one attached hydrogen (secondary N) is 2. The Hall–Kier alpha value is -2.90. The minimum absolute atomic E-state index is 0.0613. The molecule has 0 spiro atoms. The number of amides is 2. The molecule has 0 fully saturated rings. The molecule has 2 N–H and O–H groups in total. The number of halogens is 1. The van der Waals surface area contributed by atoms with E-state index < -0.39 is 0 Å². The van der Waals surface area contributed by atoms with E-state index in [1.54, 1.807) is 30.3 Å². The van der Waals surface area contributed by atoms with Gasteiger partial charge in [-0.25, -0.2) is 4.98 Å². The zero-order valence-corrected chi connectivity index (χ0v) is 15.8. The number of carbonyl (C=O) groups is 2. The third kappa shape index (κ3) is 3.65. The van der Waals surface area contributed by atoms with Crippen LogP contribution in [0.2, 0.25) is 5.02 Å². The molecule has 8 heteroatoms. The number of nitrogens with zero attached hydrogens (tertiary/aromatic N) is 1. The molecular formula is C19H14ClN3O3S. The van der Waals surface area contributed by atoms with Gasteiger partial charge in [0.15, 0.2) is 11.7 Å². The van der Waals surface area contributed by atoms with Crippen molar-refractivity contribution in [3.8, 4) is 17.0 Å². The highest BCUT2D eigenvalue weighted by Crippen LogP contribution is 2.32. The lowest BCUT2D eigenvalue weighted by Crippen LogP contribution is -2.25. The van der Waals surface area contributed by atoms with Crippen LogP contribution in [0.25, 0.3) is 11.3 Å². The van der Waals surface area contributed by atoms with Crippen LogP contribution in [0.5, 0.6) is 5.75 Å². The van der Waals surface area contributed by atoms with Crippen LogP contribution in [0.3, 0.4) is 0 Å². The standard InChI is InChI=1S/C19H14ClN3O3S/c1-10-17(11-2-5-13(20)6-3-11)22-19(27-10)23-18(25)12-4-7-14-15(8-12)26-9-16(24)21-14/h2-8H,9H2,1H3,(H,21,24)(H,22,23,25). The summed E-state index contributed by atoms with van der Waals surface area (Å²) in [4.78, 5) is 29.4. The first kappa shape index (κ1) is 17.5. The number of aryl methyl sites for hydroxylation is 1. The minimum Gasteiger partial charge on any atom is -0.482 e. The van der Waals surface area contributed by atoms with Gasteiger partial charge in [0.05, 0.1) is 11.4 Å². The van der Waals surface area contributed by atoms with Crippen LogP contribution in [-0.2, 0) is 4.79 Å². The number of ether oxygens (including phenoxy) is 1. The maximum absolute atomic E-state index is 12.6. The normalized spacial score (nSPS) is 12.7. The zero-order valence-electron chi connectivity index (χ0n) is 14.2. The maximum atomic E-state index is 12.6. The minimum atomic E-state index is -0.297. The number of anilines is 2. The molecule has 4 rings (SSSR count). The third-order valence-electron chi connectivity index (χ3n) is 4.01. The number of fused-ring (bicyclic) bond motifs is 1. The van der Waals surface area contributed by atoms with Gasteiger partial charge in [-0.1, -0.05) is 23.7 Å². The topological polar surface area (TPSA) is 80.3 Å². The average molecular weight is 400 g/mol. The molecule has 0 saturated carbocycles. The van der Waals surface area contributed by atoms with Crippen molar-refractivity contribution >= 4 is 45.6 Å². The highest BCUT2D eigenvalue weighted by molar-refractivity contribution is 7.16. The molecule has 2 amide bonds. The van der Waals surface area contributed by atoms with Crippen LogP contribution in [0.4, 0.5) is 10.8 Å². The quantitative estimate of drug-likeness (QED) is 0.685. The summed E-state index contributed by atoms with van der Waals surface area (Å²) in [7, 11) is 0. The zero-order chi connectivity index (χ0) is 19.0. The molecule has 0 bridgehead atoms. The maximum Gasteiger partial charge on any atom is 0.262 e. The highest BCUT2D eigenvalue weighted by Gasteiger charge is 2.19. The van der Waals surface area contributed by atoms with Crippen molar-refractivity contribution in [2.45, 2.75) is 6.92 Å². The molecule has 27 heavy (non-hydrogen) atoms. The van der Waals surface area contributed by atoms with E-state index in [4.69, 9.17) is 16.3 Å². The molecule has 1 aromatic heterocycles. The van der Waals surface area contributed by atoms with Crippen molar-refractivity contribution < 1.29 is 14.3 Å². The van der Waals surface area contributed by atoms with Gasteiger partial charge in [0.1, 0.15) is 5.75 Å². The summed E-state index contributed by atoms with van der Waals surface area (Å²) >= 11 is 7.33. The van der Waals surface area contributed by atoms with Gasteiger partial charge in [0.2, 0.25) is 0 Å². The van der Waals surface area contributed by atoms with Gasteiger partial charge in [-0.15, -0.1) is 11.3 Å². The van der Waals surface area contributed by atoms with Crippen molar-refractivity contribution in [1.29, 1.82) is 0 Å². The van der Waals surface area contributed by atoms with Crippen molar-refractivity contribution in [2.75, 3.05) is 17.2 Å². The molecule has 3 aromatic rings. The van der Waals surface area contributed by atoms with Gasteiger partial charge in [-0.3, -0.25) is 14.9 Å². The second-order valence-corrected chi connectivity index (χ2v) is 7.57. The Labute approximate surface area is 164 Å². The van der Waals surface area contributed by atoms with Crippen molar-refractivity contribution in [2.24, 2.45) is 0 Å². The van der Waals surface area contributed by atoms with E-state index in [9.17, 15) is 9.59 Å². The number of rotatable bonds is 3. The number of aromatic nitrogens is 1. The summed E-state index contributed by atoms with van der Waals surface area (Å²) in [6.07, 6.45) is 0. The lowest BCUT2D eigenvalue weighted by molar-refractivity contribution is -0.118. The van der Waals surface area contributed by atoms with Gasteiger partial charge >= 0.3 is 0 Å². The van der Waals surface area contributed by atoms with E-state index >= 15 is 0 Å². The van der Waals surface area contributed by atoms with E-state index in [0.717, 1.165) is 16.1 Å². The van der Waals surface area contributed by atoms with Gasteiger partial charge in [-0.05, 0) is 37.3 Å². The van der Waals surface area contributed by atoms with Crippen LogP contribution >= 0.6 is 22.9 Å². The number of benzene rings is 2. The van der Waals surface area contributed by atoms with Crippen LogP contribution in [-0.4, -0.2) is 23.4 Å². The summed E-state index contributed by atoms with van der Waals surface area (Å²) in [6.45, 7) is 1.89. The smallest absolute Gasteiger partial charge is 0.262 e. The number of thiazole rings is 1. The van der Waals surface area contributed by atoms with E-state index in [2.05, 4.69) is 15.6 Å². The van der Waals surface area contributed by atoms with Gasteiger partial charge in [0, 0.05) is 21.0 Å². The fourth-order valence-corrected chi connectivity index (χ4v) is 3.67. The second-order valence-electron chi connectivity index (χ2n) is 5.93. The predicted octanol–water partition coefficient (Wildman–Crippen LogP) is 4.36. The fourth-order valence-electron chi connectivity index (χ4n) is 2.71. The van der Waals surface area contributed by atoms with Crippen LogP contribution < -0.4 is 15.4 Å². The molecule has 0 saturated heterocycles. The SMILES string of the molecule is Cc1sc(NC(=O)c2ccc3c(c2)OCC(=O)N3)nc1-c1ccc(Cl)cc1. The second kappa shape index (κ2) is 7.02. The first-order valence-corrected chi connectivity index (χ1v) is 9.30. The largest absolute Gasteiger partial charge is 0.482 e. The molecule has 0 radical (unpaired) electrons. The van der Waals surface area contributed by atoms with Gasteiger partial charge in [-0.2, -0.15) is 0 Å². The molecule has 2 aromatic carbocycles. The average Bonchev–Trinajstić information content (AvgIpc) is 3.02. The molecule has 1 aliphatic heterocycles. The molecule has 0 atom stereocenters. The van der Waals surface area contributed by atoms with Gasteiger partial charge in [0.25, 0.3) is 11.8 Å². The Bertz CT molecular complexity index is 1050. The lowest BCUT2D eigenvalue weighted by atomic mass is 10.1. The first-order valence-electron chi connectivity index (χ1n) is 8.11. The highest BCUT2D eigenvalue weighted by atomic mass is 35.5. The van der Waals surface area contributed by atoms with Crippen LogP contribution in [0.1, 0.15) is 15.2 Å². The third-order valence-corrected chi connectivity index (χ3v) is 5.15. The Morgan fingerprint density at radius 1 is 1.26 bits per heavy atom. The molecule has 1 aliphatic rings. The lowest BCUT2D eigenvalue weighted by Gasteiger charge is -2.18. The van der Waals surface area contributed by atoms with E-state index in [0.29, 0.717) is 27.2 Å². The van der Waals surface area contributed by atoms with Gasteiger partial charge < -0.3 is 10.1 Å². The molecule has 0 unspecified atom stereocenters. The summed E-state index contributed by atoms with van der Waals surface area (Å²) in [5.41, 5.74) is 2.72. The Balaban J connectivity index is 1.54. The molecular weight excluding hydrogens is 386 g/mol. The van der Waals surface area contributed by atoms with Crippen molar-refractivity contribution in [1.82, 2.24) is 4.98 Å². The van der Waals surface area contributed by atoms with Crippen LogP contribution in [0, 0.1) is 6.92 Å². The summed E-state index contributed by atoms with van der Waals surface area (Å²) < 4.78 is 5.35. The van der Waals surface area contributed by atoms with E-state index in [1.165, 1.54) is 11.3 Å². The monoisotopic (exact) mass is 399 g/mol. The van der Waals surface area contributed by atoms with Crippen molar-refractivity contribution in [3.63, 3.8) is 0 Å². The number of hydrogen-bond acceptors (Lipinski definition) is 5. The molecule has 0 aliphatic carbocycles. The van der Waals surface area contributed by atoms with E-state index in [1.807, 2.05) is 19.1 Å². The van der Waals surface area contributed by atoms with E-state index in [-0.39, 0.29) is 18.4 Å². The van der Waals surface area contributed by atoms with Crippen LogP contribution in [0.15, 0.2) is 42.5 Å². The Kier molecular flexibility index (Phi) is 4.55. The molecule has 136 valence electrons. The Morgan fingerprint density at radius 2 is 2.04 bits per heavy atom. The summed E-state index contributed by atoms with van der Waals surface area (Å²) in [5.74, 6) is -0.0400. The molecule has 6 nitrogen and oxygen atoms in total. The summed E-state index contributed by atoms with van der Waals surface area (Å²) in [6, 6.07) is 12.3. The Morgan fingerprint density at radius 3 is 2.81 bits per heavy atom. The predicted molar refractivity (Wildman–Crippen MR) is 106 cm³/mol. The fraction of sp³-hybridized carbons (Fsp3) is 0.105. The molecule has 2 heterocycles. The number of carbonyl (C=O) groups excluding carboxylic acids is 2.